The molecular formula is C17H22N6OS. The molecule has 0 bridgehead atoms. The zero-order valence-electron chi connectivity index (χ0n) is 14.4. The summed E-state index contributed by atoms with van der Waals surface area (Å²) in [6.45, 7) is 1.48. The number of hydrogen-bond acceptors (Lipinski definition) is 7. The number of carbonyl (C=O) groups excluding carboxylic acids is 1. The van der Waals surface area contributed by atoms with Crippen LogP contribution < -0.4 is 5.32 Å². The van der Waals surface area contributed by atoms with E-state index in [-0.39, 0.29) is 11.9 Å². The SMILES string of the molecule is CN(C)CC=CC(=O)N1CCCC1c1nccnc1Nc1nccs1. The molecule has 0 aromatic carbocycles. The topological polar surface area (TPSA) is 74.2 Å². The van der Waals surface area contributed by atoms with Crippen LogP contribution in [0.5, 0.6) is 0 Å². The summed E-state index contributed by atoms with van der Waals surface area (Å²) in [6, 6.07) is -0.0623. The fourth-order valence-electron chi connectivity index (χ4n) is 2.85. The Morgan fingerprint density at radius 2 is 2.20 bits per heavy atom. The van der Waals surface area contributed by atoms with E-state index in [2.05, 4.69) is 20.3 Å². The van der Waals surface area contributed by atoms with Gasteiger partial charge in [0.2, 0.25) is 5.91 Å². The molecule has 1 saturated heterocycles. The third kappa shape index (κ3) is 4.40. The number of amides is 1. The summed E-state index contributed by atoms with van der Waals surface area (Å²) in [5.41, 5.74) is 0.796. The van der Waals surface area contributed by atoms with Crippen molar-refractivity contribution in [3.05, 3.63) is 41.8 Å². The highest BCUT2D eigenvalue weighted by Gasteiger charge is 2.32. The summed E-state index contributed by atoms with van der Waals surface area (Å²) in [5.74, 6) is 0.689. The van der Waals surface area contributed by atoms with E-state index in [1.165, 1.54) is 11.3 Å². The van der Waals surface area contributed by atoms with Crippen LogP contribution in [0.4, 0.5) is 10.9 Å². The predicted molar refractivity (Wildman–Crippen MR) is 98.8 cm³/mol. The van der Waals surface area contributed by atoms with E-state index in [9.17, 15) is 4.79 Å². The average Bonchev–Trinajstić information content (AvgIpc) is 3.26. The highest BCUT2D eigenvalue weighted by atomic mass is 32.1. The number of anilines is 2. The first kappa shape index (κ1) is 17.5. The number of hydrogen-bond donors (Lipinski definition) is 1. The predicted octanol–water partition coefficient (Wildman–Crippen LogP) is 2.46. The second kappa shape index (κ2) is 8.17. The van der Waals surface area contributed by atoms with Crippen LogP contribution in [0.2, 0.25) is 0 Å². The maximum absolute atomic E-state index is 12.6. The first-order valence-corrected chi connectivity index (χ1v) is 9.12. The highest BCUT2D eigenvalue weighted by Crippen LogP contribution is 2.34. The maximum atomic E-state index is 12.6. The Hall–Kier alpha value is -2.32. The number of aromatic nitrogens is 3. The molecule has 3 rings (SSSR count). The molecule has 0 saturated carbocycles. The number of nitrogens with zero attached hydrogens (tertiary/aromatic N) is 5. The Morgan fingerprint density at radius 3 is 2.96 bits per heavy atom. The summed E-state index contributed by atoms with van der Waals surface area (Å²) in [4.78, 5) is 29.6. The Balaban J connectivity index is 1.78. The lowest BCUT2D eigenvalue weighted by atomic mass is 10.1. The van der Waals surface area contributed by atoms with Crippen molar-refractivity contribution in [2.75, 3.05) is 32.5 Å². The highest BCUT2D eigenvalue weighted by molar-refractivity contribution is 7.13. The van der Waals surface area contributed by atoms with Gasteiger partial charge < -0.3 is 15.1 Å². The van der Waals surface area contributed by atoms with Crippen LogP contribution in [0.25, 0.3) is 0 Å². The zero-order chi connectivity index (χ0) is 17.6. The van der Waals surface area contributed by atoms with Gasteiger partial charge in [-0.15, -0.1) is 11.3 Å². The van der Waals surface area contributed by atoms with E-state index in [1.807, 2.05) is 35.4 Å². The van der Waals surface area contributed by atoms with Gasteiger partial charge in [-0.05, 0) is 26.9 Å². The standard InChI is InChI=1S/C17H22N6OS/c1-22(2)10-4-6-14(24)23-11-3-5-13(23)15-16(19-8-7-18-15)21-17-20-9-12-25-17/h4,6-9,12-13H,3,5,10-11H2,1-2H3,(H,19,20,21). The lowest BCUT2D eigenvalue weighted by molar-refractivity contribution is -0.127. The monoisotopic (exact) mass is 358 g/mol. The van der Waals surface area contributed by atoms with Crippen molar-refractivity contribution in [3.8, 4) is 0 Å². The van der Waals surface area contributed by atoms with E-state index in [0.29, 0.717) is 5.82 Å². The van der Waals surface area contributed by atoms with Crippen LogP contribution in [-0.4, -0.2) is 57.8 Å². The molecule has 8 heteroatoms. The third-order valence-corrected chi connectivity index (χ3v) is 4.66. The molecule has 3 heterocycles. The minimum atomic E-state index is -0.0623. The Morgan fingerprint density at radius 1 is 1.36 bits per heavy atom. The third-order valence-electron chi connectivity index (χ3n) is 3.97. The number of likely N-dealkylation sites (N-methyl/N-ethyl adjacent to an activating group) is 1. The normalized spacial score (nSPS) is 17.6. The molecule has 2 aromatic heterocycles. The molecule has 0 aliphatic carbocycles. The van der Waals surface area contributed by atoms with Gasteiger partial charge in [-0.25, -0.2) is 9.97 Å². The summed E-state index contributed by atoms with van der Waals surface area (Å²) in [5, 5.41) is 5.89. The van der Waals surface area contributed by atoms with Gasteiger partial charge in [0, 0.05) is 43.1 Å². The van der Waals surface area contributed by atoms with Crippen LogP contribution in [0.1, 0.15) is 24.6 Å². The van der Waals surface area contributed by atoms with Crippen molar-refractivity contribution >= 4 is 28.2 Å². The summed E-state index contributed by atoms with van der Waals surface area (Å²) >= 11 is 1.50. The average molecular weight is 358 g/mol. The summed E-state index contributed by atoms with van der Waals surface area (Å²) < 4.78 is 0. The van der Waals surface area contributed by atoms with E-state index in [1.54, 1.807) is 24.7 Å². The van der Waals surface area contributed by atoms with Crippen molar-refractivity contribution in [2.24, 2.45) is 0 Å². The van der Waals surface area contributed by atoms with Gasteiger partial charge in [0.15, 0.2) is 10.9 Å². The number of likely N-dealkylation sites (tertiary alicyclic amines) is 1. The molecule has 25 heavy (non-hydrogen) atoms. The minimum Gasteiger partial charge on any atom is -0.330 e. The molecule has 1 aliphatic rings. The lowest BCUT2D eigenvalue weighted by Crippen LogP contribution is -2.30. The van der Waals surface area contributed by atoms with Gasteiger partial charge >= 0.3 is 0 Å². The van der Waals surface area contributed by atoms with Crippen molar-refractivity contribution < 1.29 is 4.79 Å². The molecule has 0 radical (unpaired) electrons. The van der Waals surface area contributed by atoms with Crippen LogP contribution in [0.15, 0.2) is 36.1 Å². The minimum absolute atomic E-state index is 0.0233. The van der Waals surface area contributed by atoms with E-state index >= 15 is 0 Å². The quantitative estimate of drug-likeness (QED) is 0.800. The molecule has 1 fully saturated rings. The van der Waals surface area contributed by atoms with Crippen LogP contribution in [0, 0.1) is 0 Å². The Bertz CT molecular complexity index is 730. The second-order valence-electron chi connectivity index (χ2n) is 6.11. The lowest BCUT2D eigenvalue weighted by Gasteiger charge is -2.24. The zero-order valence-corrected chi connectivity index (χ0v) is 15.2. The van der Waals surface area contributed by atoms with E-state index in [0.717, 1.165) is 36.8 Å². The number of thiazole rings is 1. The second-order valence-corrected chi connectivity index (χ2v) is 7.00. The molecule has 1 atom stereocenters. The molecule has 0 spiro atoms. The van der Waals surface area contributed by atoms with Gasteiger partial charge in [0.05, 0.1) is 6.04 Å². The maximum Gasteiger partial charge on any atom is 0.246 e. The molecule has 1 N–H and O–H groups in total. The fourth-order valence-corrected chi connectivity index (χ4v) is 3.38. The fraction of sp³-hybridized carbons (Fsp3) is 0.412. The van der Waals surface area contributed by atoms with Gasteiger partial charge in [0.25, 0.3) is 0 Å². The molecule has 132 valence electrons. The van der Waals surface area contributed by atoms with Crippen LogP contribution in [-0.2, 0) is 4.79 Å². The van der Waals surface area contributed by atoms with Gasteiger partial charge in [-0.3, -0.25) is 9.78 Å². The Kier molecular flexibility index (Phi) is 5.72. The van der Waals surface area contributed by atoms with Gasteiger partial charge in [0.1, 0.15) is 5.69 Å². The molecule has 1 aliphatic heterocycles. The first-order chi connectivity index (χ1) is 12.1. The molecule has 2 aromatic rings. The van der Waals surface area contributed by atoms with Gasteiger partial charge in [-0.2, -0.15) is 0 Å². The summed E-state index contributed by atoms with van der Waals surface area (Å²) in [6.07, 6.45) is 10.5. The number of rotatable bonds is 6. The van der Waals surface area contributed by atoms with Crippen LogP contribution in [0.3, 0.4) is 0 Å². The largest absolute Gasteiger partial charge is 0.330 e. The molecule has 7 nitrogen and oxygen atoms in total. The van der Waals surface area contributed by atoms with Crippen molar-refractivity contribution in [2.45, 2.75) is 18.9 Å². The van der Waals surface area contributed by atoms with Crippen molar-refractivity contribution in [1.82, 2.24) is 24.8 Å². The van der Waals surface area contributed by atoms with E-state index in [4.69, 9.17) is 0 Å². The Labute approximate surface area is 151 Å². The van der Waals surface area contributed by atoms with Crippen molar-refractivity contribution in [1.29, 1.82) is 0 Å². The van der Waals surface area contributed by atoms with Crippen molar-refractivity contribution in [3.63, 3.8) is 0 Å². The summed E-state index contributed by atoms with van der Waals surface area (Å²) in [7, 11) is 3.95. The smallest absolute Gasteiger partial charge is 0.246 e. The van der Waals surface area contributed by atoms with Gasteiger partial charge in [-0.1, -0.05) is 6.08 Å². The first-order valence-electron chi connectivity index (χ1n) is 8.24. The molecule has 1 unspecified atom stereocenters. The number of nitrogens with one attached hydrogen (secondary N) is 1. The van der Waals surface area contributed by atoms with Crippen LogP contribution >= 0.6 is 11.3 Å². The number of carbonyl (C=O) groups is 1. The molecule has 1 amide bonds. The van der Waals surface area contributed by atoms with E-state index < -0.39 is 0 Å². The molecular weight excluding hydrogens is 336 g/mol.